The predicted octanol–water partition coefficient (Wildman–Crippen LogP) is 8.67. The Kier molecular flexibility index (Phi) is 10.5. The summed E-state index contributed by atoms with van der Waals surface area (Å²) in [5, 5.41) is 0. The van der Waals surface area contributed by atoms with Gasteiger partial charge in [-0.25, -0.2) is 8.42 Å². The van der Waals surface area contributed by atoms with Gasteiger partial charge in [-0.2, -0.15) is 22.0 Å². The minimum Gasteiger partial charge on any atom is -0.429 e. The summed E-state index contributed by atoms with van der Waals surface area (Å²) >= 11 is 0. The van der Waals surface area contributed by atoms with Crippen LogP contribution in [0.1, 0.15) is 73.6 Å². The van der Waals surface area contributed by atoms with E-state index in [1.807, 2.05) is 13.8 Å². The normalized spacial score (nSPS) is 22.0. The molecule has 0 radical (unpaired) electrons. The Morgan fingerprint density at radius 2 is 1.77 bits per heavy atom. The number of allylic oxidation sites excluding steroid dienone is 4. The lowest BCUT2D eigenvalue weighted by atomic mass is 9.65. The van der Waals surface area contributed by atoms with E-state index < -0.39 is 32.6 Å². The second kappa shape index (κ2) is 13.0. The highest BCUT2D eigenvalue weighted by atomic mass is 32.2. The number of alkyl halides is 5. The summed E-state index contributed by atoms with van der Waals surface area (Å²) in [5.41, 5.74) is 0.109. The zero-order chi connectivity index (χ0) is 32.4. The van der Waals surface area contributed by atoms with Crippen molar-refractivity contribution in [3.05, 3.63) is 59.8 Å². The van der Waals surface area contributed by atoms with E-state index in [0.29, 0.717) is 36.5 Å². The first-order valence-electron chi connectivity index (χ1n) is 14.4. The quantitative estimate of drug-likeness (QED) is 0.181. The van der Waals surface area contributed by atoms with E-state index in [4.69, 9.17) is 4.74 Å². The fourth-order valence-corrected chi connectivity index (χ4v) is 7.47. The van der Waals surface area contributed by atoms with Crippen LogP contribution in [0.15, 0.2) is 69.7 Å². The van der Waals surface area contributed by atoms with Gasteiger partial charge in [0.25, 0.3) is 0 Å². The molecule has 0 N–H and O–H groups in total. The maximum absolute atomic E-state index is 13.9. The van der Waals surface area contributed by atoms with Crippen LogP contribution in [0.2, 0.25) is 0 Å². The van der Waals surface area contributed by atoms with Crippen molar-refractivity contribution in [2.24, 2.45) is 28.7 Å². The van der Waals surface area contributed by atoms with Gasteiger partial charge in [0.15, 0.2) is 15.6 Å². The number of carbonyl (C=O) groups excluding carboxylic acids is 1. The first kappa shape index (κ1) is 34.7. The molecule has 0 aromatic heterocycles. The van der Waals surface area contributed by atoms with Gasteiger partial charge in [0, 0.05) is 23.8 Å². The molecule has 1 aliphatic carbocycles. The fraction of sp³-hybridized carbons (Fsp3) is 0.562. The van der Waals surface area contributed by atoms with Crippen LogP contribution in [-0.2, 0) is 14.6 Å². The Balaban J connectivity index is 1.64. The smallest absolute Gasteiger partial charge is 0.429 e. The standard InChI is InChI=1S/C32H40F5NO4S/c1-7-14-31(33,34)42-25-9-8-10-26(19-25)43(40,41)30(5,6)24-17-23(18-24)16-21(3)22(4)29(39)27-13-15-38-28(32(35,36)37)12-11-20(27)2/h7-10,13-15,19,21-24H,11-12,16-18H2,1-6H3. The highest BCUT2D eigenvalue weighted by Gasteiger charge is 2.49. The molecule has 1 aromatic carbocycles. The Morgan fingerprint density at radius 3 is 2.37 bits per heavy atom. The minimum atomic E-state index is -4.51. The number of hydrogen-bond acceptors (Lipinski definition) is 5. The van der Waals surface area contributed by atoms with E-state index in [9.17, 15) is 35.2 Å². The fourth-order valence-electron chi connectivity index (χ4n) is 5.70. The molecule has 1 aromatic rings. The lowest BCUT2D eigenvalue weighted by Crippen LogP contribution is -2.47. The predicted molar refractivity (Wildman–Crippen MR) is 157 cm³/mol. The van der Waals surface area contributed by atoms with Crippen LogP contribution in [0.3, 0.4) is 0 Å². The highest BCUT2D eigenvalue weighted by Crippen LogP contribution is 2.49. The van der Waals surface area contributed by atoms with Crippen molar-refractivity contribution >= 4 is 21.3 Å². The molecule has 238 valence electrons. The van der Waals surface area contributed by atoms with Gasteiger partial charge in [-0.1, -0.05) is 31.6 Å². The summed E-state index contributed by atoms with van der Waals surface area (Å²) in [5.74, 6) is -0.808. The number of benzene rings is 1. The van der Waals surface area contributed by atoms with Crippen LogP contribution in [-0.4, -0.2) is 36.9 Å². The summed E-state index contributed by atoms with van der Waals surface area (Å²) < 4.78 is 97.8. The SMILES string of the molecule is CC=CC(F)(F)Oc1cccc(S(=O)(=O)C(C)(C)C2CC(CC(C)C(C)C(=O)C3=C(C)CCC(C(F)(F)F)=NC=C3)C2)c1. The number of nitrogens with zero attached hydrogens (tertiary/aromatic N) is 1. The Labute approximate surface area is 250 Å². The molecule has 0 amide bonds. The number of ether oxygens (including phenoxy) is 1. The number of sulfone groups is 1. The van der Waals surface area contributed by atoms with E-state index in [1.165, 1.54) is 31.2 Å². The first-order valence-corrected chi connectivity index (χ1v) is 15.9. The summed E-state index contributed by atoms with van der Waals surface area (Å²) in [6.45, 7) is 10.1. The van der Waals surface area contributed by atoms with Gasteiger partial charge in [0.05, 0.1) is 9.64 Å². The second-order valence-corrected chi connectivity index (χ2v) is 14.8. The molecule has 43 heavy (non-hydrogen) atoms. The maximum atomic E-state index is 13.9. The maximum Gasteiger partial charge on any atom is 0.429 e. The van der Waals surface area contributed by atoms with Crippen LogP contribution in [0.25, 0.3) is 0 Å². The third-order valence-electron chi connectivity index (χ3n) is 8.87. The molecule has 1 aliphatic heterocycles. The van der Waals surface area contributed by atoms with Crippen LogP contribution in [0.5, 0.6) is 5.75 Å². The Morgan fingerprint density at radius 1 is 1.12 bits per heavy atom. The number of rotatable bonds is 11. The average Bonchev–Trinajstić information content (AvgIpc) is 2.86. The molecular weight excluding hydrogens is 589 g/mol. The number of ketones is 1. The molecule has 1 saturated carbocycles. The number of aliphatic imine (C=N–C) groups is 1. The topological polar surface area (TPSA) is 72.8 Å². The summed E-state index contributed by atoms with van der Waals surface area (Å²) in [4.78, 5) is 16.8. The van der Waals surface area contributed by atoms with E-state index >= 15 is 0 Å². The molecule has 2 aliphatic rings. The van der Waals surface area contributed by atoms with Crippen molar-refractivity contribution in [1.82, 2.24) is 0 Å². The van der Waals surface area contributed by atoms with Gasteiger partial charge in [-0.05, 0) is 102 Å². The summed E-state index contributed by atoms with van der Waals surface area (Å²) in [6.07, 6.45) is -2.20. The largest absolute Gasteiger partial charge is 0.429 e. The zero-order valence-corrected chi connectivity index (χ0v) is 26.2. The number of hydrogen-bond donors (Lipinski definition) is 0. The Bertz CT molecular complexity index is 1420. The zero-order valence-electron chi connectivity index (χ0n) is 25.3. The van der Waals surface area contributed by atoms with E-state index in [1.54, 1.807) is 20.8 Å². The van der Waals surface area contributed by atoms with Gasteiger partial charge in [0.1, 0.15) is 11.5 Å². The second-order valence-electron chi connectivity index (χ2n) is 12.2. The molecule has 3 rings (SSSR count). The monoisotopic (exact) mass is 629 g/mol. The van der Waals surface area contributed by atoms with Crippen molar-refractivity contribution in [2.45, 2.75) is 95.6 Å². The van der Waals surface area contributed by atoms with Crippen molar-refractivity contribution in [1.29, 1.82) is 0 Å². The highest BCUT2D eigenvalue weighted by molar-refractivity contribution is 7.92. The lowest BCUT2D eigenvalue weighted by molar-refractivity contribution is -0.131. The molecule has 2 unspecified atom stereocenters. The molecule has 2 atom stereocenters. The number of carbonyl (C=O) groups is 1. The molecule has 5 nitrogen and oxygen atoms in total. The molecular formula is C32H40F5NO4S. The summed E-state index contributed by atoms with van der Waals surface area (Å²) in [6, 6.07) is 5.15. The molecule has 0 spiro atoms. The van der Waals surface area contributed by atoms with Gasteiger partial charge in [-0.15, -0.1) is 0 Å². The molecule has 1 fully saturated rings. The van der Waals surface area contributed by atoms with E-state index in [-0.39, 0.29) is 52.9 Å². The van der Waals surface area contributed by atoms with Crippen molar-refractivity contribution < 1.29 is 39.9 Å². The average molecular weight is 630 g/mol. The van der Waals surface area contributed by atoms with Gasteiger partial charge in [0.2, 0.25) is 0 Å². The third kappa shape index (κ3) is 8.02. The van der Waals surface area contributed by atoms with Gasteiger partial charge >= 0.3 is 12.3 Å². The van der Waals surface area contributed by atoms with Gasteiger partial charge < -0.3 is 4.74 Å². The first-order chi connectivity index (χ1) is 19.8. The minimum absolute atomic E-state index is 0.0424. The molecule has 0 bridgehead atoms. The van der Waals surface area contributed by atoms with Crippen molar-refractivity contribution in [3.63, 3.8) is 0 Å². The molecule has 0 saturated heterocycles. The van der Waals surface area contributed by atoms with Crippen molar-refractivity contribution in [3.8, 4) is 5.75 Å². The van der Waals surface area contributed by atoms with Crippen LogP contribution < -0.4 is 4.74 Å². The van der Waals surface area contributed by atoms with E-state index in [0.717, 1.165) is 18.3 Å². The Hall–Kier alpha value is -2.82. The number of halogens is 5. The summed E-state index contributed by atoms with van der Waals surface area (Å²) in [7, 11) is -3.90. The van der Waals surface area contributed by atoms with Crippen LogP contribution >= 0.6 is 0 Å². The van der Waals surface area contributed by atoms with E-state index in [2.05, 4.69) is 4.99 Å². The van der Waals surface area contributed by atoms with Crippen molar-refractivity contribution in [2.75, 3.05) is 0 Å². The molecule has 11 heteroatoms. The lowest BCUT2D eigenvalue weighted by Gasteiger charge is -2.46. The third-order valence-corrected chi connectivity index (χ3v) is 11.5. The van der Waals surface area contributed by atoms with Gasteiger partial charge in [-0.3, -0.25) is 9.79 Å². The number of Topliss-reactive ketones (excluding diaryl/α,β-unsaturated/α-hetero) is 1. The van der Waals surface area contributed by atoms with Crippen LogP contribution in [0.4, 0.5) is 22.0 Å². The molecule has 1 heterocycles. The van der Waals surface area contributed by atoms with Crippen LogP contribution in [0, 0.1) is 23.7 Å².